The predicted molar refractivity (Wildman–Crippen MR) is 79.0 cm³/mol. The van der Waals surface area contributed by atoms with E-state index in [9.17, 15) is 9.18 Å². The Morgan fingerprint density at radius 3 is 2.39 bits per heavy atom. The predicted octanol–water partition coefficient (Wildman–Crippen LogP) is 5.58. The molecule has 0 amide bonds. The maximum absolute atomic E-state index is 12.8. The zero-order valence-corrected chi connectivity index (χ0v) is 13.5. The maximum atomic E-state index is 12.8. The van der Waals surface area contributed by atoms with E-state index in [4.69, 9.17) is 11.6 Å². The Morgan fingerprint density at radius 1 is 1.28 bits per heavy atom. The largest absolute Gasteiger partial charge is 0.292 e. The number of carbonyl (C=O) groups is 1. The Hall–Kier alpha value is -0.230. The fourth-order valence-electron chi connectivity index (χ4n) is 1.43. The Bertz CT molecular complexity index is 582. The van der Waals surface area contributed by atoms with Gasteiger partial charge in [0.05, 0.1) is 7.57 Å². The van der Waals surface area contributed by atoms with Crippen LogP contribution in [0.25, 0.3) is 0 Å². The minimum absolute atomic E-state index is 0.211. The van der Waals surface area contributed by atoms with Gasteiger partial charge in [0.1, 0.15) is 11.2 Å². The molecule has 0 aliphatic carbocycles. The molecular formula is C12H6Br2ClFOS. The Balaban J connectivity index is 2.29. The summed E-state index contributed by atoms with van der Waals surface area (Å²) in [5, 5.41) is -0.816. The highest BCUT2D eigenvalue weighted by Crippen LogP contribution is 2.36. The highest BCUT2D eigenvalue weighted by molar-refractivity contribution is 9.12. The average molecular weight is 413 g/mol. The third-order valence-electron chi connectivity index (χ3n) is 2.31. The third-order valence-corrected chi connectivity index (χ3v) is 5.10. The number of hydrogen-bond donors (Lipinski definition) is 0. The summed E-state index contributed by atoms with van der Waals surface area (Å²) in [7, 11) is 0. The zero-order chi connectivity index (χ0) is 13.3. The van der Waals surface area contributed by atoms with Gasteiger partial charge in [-0.3, -0.25) is 4.79 Å². The number of Topliss-reactive ketones (excluding diaryl/α,β-unsaturated/α-hetero) is 1. The van der Waals surface area contributed by atoms with E-state index in [1.54, 1.807) is 6.07 Å². The van der Waals surface area contributed by atoms with Gasteiger partial charge in [-0.1, -0.05) is 12.1 Å². The maximum Gasteiger partial charge on any atom is 0.187 e. The van der Waals surface area contributed by atoms with Gasteiger partial charge in [-0.15, -0.1) is 22.9 Å². The fourth-order valence-corrected chi connectivity index (χ4v) is 4.51. The van der Waals surface area contributed by atoms with E-state index >= 15 is 0 Å². The molecule has 0 saturated carbocycles. The van der Waals surface area contributed by atoms with Crippen LogP contribution in [0.15, 0.2) is 37.9 Å². The van der Waals surface area contributed by atoms with E-state index < -0.39 is 5.38 Å². The first-order chi connectivity index (χ1) is 8.49. The molecule has 0 bridgehead atoms. The van der Waals surface area contributed by atoms with E-state index in [0.29, 0.717) is 11.1 Å². The molecule has 1 heterocycles. The molecule has 1 nitrogen and oxygen atoms in total. The smallest absolute Gasteiger partial charge is 0.187 e. The van der Waals surface area contributed by atoms with Gasteiger partial charge in [0.15, 0.2) is 5.78 Å². The highest BCUT2D eigenvalue weighted by atomic mass is 79.9. The lowest BCUT2D eigenvalue weighted by atomic mass is 10.0. The second-order valence-corrected chi connectivity index (χ2v) is 7.70. The standard InChI is InChI=1S/C12H6Br2ClFOS/c13-9-5-8(12(14)18-9)11(17)10(15)6-1-3-7(16)4-2-6/h1-5,10H. The zero-order valence-electron chi connectivity index (χ0n) is 8.79. The van der Waals surface area contributed by atoms with Crippen molar-refractivity contribution in [1.29, 1.82) is 0 Å². The van der Waals surface area contributed by atoms with E-state index in [-0.39, 0.29) is 11.6 Å². The number of alkyl halides is 1. The van der Waals surface area contributed by atoms with Crippen LogP contribution in [0.3, 0.4) is 0 Å². The summed E-state index contributed by atoms with van der Waals surface area (Å²) in [6, 6.07) is 7.32. The number of benzene rings is 1. The van der Waals surface area contributed by atoms with Crippen LogP contribution in [-0.4, -0.2) is 5.78 Å². The molecule has 6 heteroatoms. The molecule has 0 N–H and O–H groups in total. The number of ketones is 1. The second kappa shape index (κ2) is 5.82. The summed E-state index contributed by atoms with van der Waals surface area (Å²) in [5.74, 6) is -0.563. The Morgan fingerprint density at radius 2 is 1.89 bits per heavy atom. The van der Waals surface area contributed by atoms with E-state index in [1.807, 2.05) is 0 Å². The monoisotopic (exact) mass is 410 g/mol. The lowest BCUT2D eigenvalue weighted by molar-refractivity contribution is 0.0987. The van der Waals surface area contributed by atoms with Gasteiger partial charge < -0.3 is 0 Å². The average Bonchev–Trinajstić information content (AvgIpc) is 2.67. The topological polar surface area (TPSA) is 17.1 Å². The van der Waals surface area contributed by atoms with Crippen LogP contribution in [0, 0.1) is 5.82 Å². The van der Waals surface area contributed by atoms with Crippen LogP contribution in [0.2, 0.25) is 0 Å². The summed E-state index contributed by atoms with van der Waals surface area (Å²) in [6.45, 7) is 0. The number of rotatable bonds is 3. The van der Waals surface area contributed by atoms with E-state index in [2.05, 4.69) is 31.9 Å². The van der Waals surface area contributed by atoms with Crippen LogP contribution in [-0.2, 0) is 0 Å². The quantitative estimate of drug-likeness (QED) is 0.475. The number of thiophene rings is 1. The molecule has 2 rings (SSSR count). The molecule has 0 radical (unpaired) electrons. The second-order valence-electron chi connectivity index (χ2n) is 3.52. The summed E-state index contributed by atoms with van der Waals surface area (Å²) in [4.78, 5) is 12.2. The molecule has 18 heavy (non-hydrogen) atoms. The number of carbonyl (C=O) groups excluding carboxylic acids is 1. The molecule has 0 spiro atoms. The molecule has 1 aromatic heterocycles. The number of hydrogen-bond acceptors (Lipinski definition) is 2. The van der Waals surface area contributed by atoms with Gasteiger partial charge in [-0.05, 0) is 55.6 Å². The van der Waals surface area contributed by atoms with Crippen LogP contribution in [0.5, 0.6) is 0 Å². The van der Waals surface area contributed by atoms with Gasteiger partial charge in [0.2, 0.25) is 0 Å². The minimum Gasteiger partial charge on any atom is -0.292 e. The molecule has 0 fully saturated rings. The van der Waals surface area contributed by atoms with Gasteiger partial charge in [0.25, 0.3) is 0 Å². The lowest BCUT2D eigenvalue weighted by Crippen LogP contribution is -2.07. The van der Waals surface area contributed by atoms with Gasteiger partial charge in [0, 0.05) is 5.56 Å². The van der Waals surface area contributed by atoms with Crippen molar-refractivity contribution in [1.82, 2.24) is 0 Å². The van der Waals surface area contributed by atoms with Gasteiger partial charge in [-0.2, -0.15) is 0 Å². The SMILES string of the molecule is O=C(c1cc(Br)sc1Br)C(Cl)c1ccc(F)cc1. The van der Waals surface area contributed by atoms with Crippen LogP contribution < -0.4 is 0 Å². The summed E-state index contributed by atoms with van der Waals surface area (Å²) < 4.78 is 14.4. The Kier molecular flexibility index (Phi) is 4.59. The molecular weight excluding hydrogens is 406 g/mol. The minimum atomic E-state index is -0.816. The lowest BCUT2D eigenvalue weighted by Gasteiger charge is -2.08. The fraction of sp³-hybridized carbons (Fsp3) is 0.0833. The third kappa shape index (κ3) is 3.02. The summed E-state index contributed by atoms with van der Waals surface area (Å²) in [5.41, 5.74) is 1.11. The van der Waals surface area contributed by atoms with Crippen molar-refractivity contribution in [2.24, 2.45) is 0 Å². The molecule has 1 aromatic carbocycles. The summed E-state index contributed by atoms with van der Waals surface area (Å²) >= 11 is 14.2. The van der Waals surface area contributed by atoms with Crippen molar-refractivity contribution in [3.63, 3.8) is 0 Å². The van der Waals surface area contributed by atoms with Crippen LogP contribution in [0.4, 0.5) is 4.39 Å². The molecule has 0 aliphatic rings. The first-order valence-electron chi connectivity index (χ1n) is 4.87. The van der Waals surface area contributed by atoms with E-state index in [0.717, 1.165) is 7.57 Å². The van der Waals surface area contributed by atoms with Crippen molar-refractivity contribution >= 4 is 60.6 Å². The van der Waals surface area contributed by atoms with Crippen molar-refractivity contribution in [2.45, 2.75) is 5.38 Å². The highest BCUT2D eigenvalue weighted by Gasteiger charge is 2.23. The Labute approximate surface area is 129 Å². The van der Waals surface area contributed by atoms with E-state index in [1.165, 1.54) is 35.6 Å². The van der Waals surface area contributed by atoms with Crippen LogP contribution in [0.1, 0.15) is 21.3 Å². The molecule has 1 atom stereocenters. The molecule has 94 valence electrons. The van der Waals surface area contributed by atoms with Crippen LogP contribution >= 0.6 is 54.8 Å². The van der Waals surface area contributed by atoms with Crippen molar-refractivity contribution in [2.75, 3.05) is 0 Å². The van der Waals surface area contributed by atoms with Crippen molar-refractivity contribution in [3.05, 3.63) is 54.8 Å². The summed E-state index contributed by atoms with van der Waals surface area (Å²) in [6.07, 6.45) is 0. The first kappa shape index (κ1) is 14.2. The first-order valence-corrected chi connectivity index (χ1v) is 7.71. The van der Waals surface area contributed by atoms with Crippen molar-refractivity contribution in [3.8, 4) is 0 Å². The number of halogens is 4. The molecule has 0 aliphatic heterocycles. The van der Waals surface area contributed by atoms with Crippen molar-refractivity contribution < 1.29 is 9.18 Å². The molecule has 2 aromatic rings. The van der Waals surface area contributed by atoms with Gasteiger partial charge in [-0.25, -0.2) is 4.39 Å². The molecule has 1 unspecified atom stereocenters. The van der Waals surface area contributed by atoms with Gasteiger partial charge >= 0.3 is 0 Å². The normalized spacial score (nSPS) is 12.4. The molecule has 0 saturated heterocycles.